The summed E-state index contributed by atoms with van der Waals surface area (Å²) in [6.07, 6.45) is 8.22. The summed E-state index contributed by atoms with van der Waals surface area (Å²) in [4.78, 5) is 14.0. The molecule has 4 nitrogen and oxygen atoms in total. The summed E-state index contributed by atoms with van der Waals surface area (Å²) in [5.41, 5.74) is 5.58. The highest BCUT2D eigenvalue weighted by molar-refractivity contribution is 5.76. The first-order valence-corrected chi connectivity index (χ1v) is 8.28. The highest BCUT2D eigenvalue weighted by Gasteiger charge is 2.14. The molecule has 4 heteroatoms. The van der Waals surface area contributed by atoms with Crippen molar-refractivity contribution in [2.45, 2.75) is 65.2 Å². The summed E-state index contributed by atoms with van der Waals surface area (Å²) in [5.74, 6) is 0.742. The number of aliphatic hydroxyl groups excluding tert-OH is 1. The Morgan fingerprint density at radius 1 is 1.15 bits per heavy atom. The van der Waals surface area contributed by atoms with Crippen molar-refractivity contribution < 1.29 is 9.90 Å². The quantitative estimate of drug-likeness (QED) is 0.511. The molecule has 0 saturated carbocycles. The highest BCUT2D eigenvalue weighted by Crippen LogP contribution is 2.15. The number of nitrogens with zero attached hydrogens (tertiary/aromatic N) is 1. The van der Waals surface area contributed by atoms with Gasteiger partial charge < -0.3 is 15.7 Å². The third-order valence-electron chi connectivity index (χ3n) is 3.92. The molecule has 1 amide bonds. The van der Waals surface area contributed by atoms with Crippen LogP contribution < -0.4 is 5.73 Å². The maximum Gasteiger partial charge on any atom is 0.222 e. The molecule has 0 aromatic carbocycles. The normalized spacial score (nSPS) is 12.4. The van der Waals surface area contributed by atoms with E-state index in [0.717, 1.165) is 38.6 Å². The Labute approximate surface area is 124 Å². The Balaban J connectivity index is 4.06. The number of nitrogens with two attached hydrogens (primary N) is 1. The minimum Gasteiger partial charge on any atom is -0.395 e. The van der Waals surface area contributed by atoms with Crippen molar-refractivity contribution in [1.29, 1.82) is 0 Å². The zero-order valence-electron chi connectivity index (χ0n) is 13.4. The van der Waals surface area contributed by atoms with Gasteiger partial charge in [-0.2, -0.15) is 0 Å². The third-order valence-corrected chi connectivity index (χ3v) is 3.92. The predicted octanol–water partition coefficient (Wildman–Crippen LogP) is 2.54. The molecule has 0 aliphatic carbocycles. The van der Waals surface area contributed by atoms with E-state index in [4.69, 9.17) is 10.8 Å². The molecule has 0 bridgehead atoms. The maximum absolute atomic E-state index is 12.2. The van der Waals surface area contributed by atoms with Crippen LogP contribution in [0.3, 0.4) is 0 Å². The van der Waals surface area contributed by atoms with Crippen LogP contribution in [0, 0.1) is 5.92 Å². The van der Waals surface area contributed by atoms with E-state index in [2.05, 4.69) is 13.8 Å². The molecular weight excluding hydrogens is 252 g/mol. The Kier molecular flexibility index (Phi) is 13.0. The van der Waals surface area contributed by atoms with Crippen LogP contribution in [-0.2, 0) is 4.79 Å². The first-order chi connectivity index (χ1) is 9.69. The average Bonchev–Trinajstić information content (AvgIpc) is 2.46. The standard InChI is InChI=1S/C16H34N2O2/c1-3-5-6-7-12-18(13-14-19)16(20)9-8-15(4-2)10-11-17/h15,19H,3-14,17H2,1-2H3. The van der Waals surface area contributed by atoms with Crippen LogP contribution in [0.2, 0.25) is 0 Å². The van der Waals surface area contributed by atoms with E-state index in [1.807, 2.05) is 4.90 Å². The lowest BCUT2D eigenvalue weighted by molar-refractivity contribution is -0.132. The third kappa shape index (κ3) is 9.32. The van der Waals surface area contributed by atoms with Crippen molar-refractivity contribution in [3.63, 3.8) is 0 Å². The van der Waals surface area contributed by atoms with Gasteiger partial charge >= 0.3 is 0 Å². The zero-order chi connectivity index (χ0) is 15.2. The van der Waals surface area contributed by atoms with E-state index in [1.54, 1.807) is 0 Å². The van der Waals surface area contributed by atoms with Crippen LogP contribution in [0.25, 0.3) is 0 Å². The van der Waals surface area contributed by atoms with Crippen molar-refractivity contribution in [2.75, 3.05) is 26.2 Å². The Bertz CT molecular complexity index is 235. The number of hydrogen-bond acceptors (Lipinski definition) is 3. The van der Waals surface area contributed by atoms with Crippen molar-refractivity contribution in [3.8, 4) is 0 Å². The molecule has 1 atom stereocenters. The minimum absolute atomic E-state index is 0.0551. The van der Waals surface area contributed by atoms with E-state index in [0.29, 0.717) is 25.4 Å². The van der Waals surface area contributed by atoms with E-state index in [9.17, 15) is 4.79 Å². The molecule has 0 fully saturated rings. The molecule has 1 unspecified atom stereocenters. The Morgan fingerprint density at radius 2 is 1.90 bits per heavy atom. The lowest BCUT2D eigenvalue weighted by Crippen LogP contribution is -2.34. The summed E-state index contributed by atoms with van der Waals surface area (Å²) in [6, 6.07) is 0. The number of carbonyl (C=O) groups excluding carboxylic acids is 1. The molecule has 0 aliphatic rings. The molecule has 0 aliphatic heterocycles. The molecule has 20 heavy (non-hydrogen) atoms. The fourth-order valence-corrected chi connectivity index (χ4v) is 2.49. The smallest absolute Gasteiger partial charge is 0.222 e. The molecule has 0 rings (SSSR count). The second-order valence-corrected chi connectivity index (χ2v) is 5.56. The van der Waals surface area contributed by atoms with Gasteiger partial charge in [0.05, 0.1) is 6.61 Å². The maximum atomic E-state index is 12.2. The molecule has 0 aromatic rings. The van der Waals surface area contributed by atoms with Crippen LogP contribution in [-0.4, -0.2) is 42.2 Å². The van der Waals surface area contributed by atoms with Crippen LogP contribution >= 0.6 is 0 Å². The largest absolute Gasteiger partial charge is 0.395 e. The van der Waals surface area contributed by atoms with Crippen molar-refractivity contribution >= 4 is 5.91 Å². The topological polar surface area (TPSA) is 66.6 Å². The van der Waals surface area contributed by atoms with Gasteiger partial charge in [-0.3, -0.25) is 4.79 Å². The molecule has 0 radical (unpaired) electrons. The van der Waals surface area contributed by atoms with E-state index in [1.165, 1.54) is 12.8 Å². The molecule has 0 saturated heterocycles. The number of aliphatic hydroxyl groups is 1. The van der Waals surface area contributed by atoms with Crippen LogP contribution in [0.4, 0.5) is 0 Å². The average molecular weight is 286 g/mol. The van der Waals surface area contributed by atoms with Crippen molar-refractivity contribution in [3.05, 3.63) is 0 Å². The van der Waals surface area contributed by atoms with Gasteiger partial charge in [-0.15, -0.1) is 0 Å². The van der Waals surface area contributed by atoms with E-state index >= 15 is 0 Å². The van der Waals surface area contributed by atoms with Gasteiger partial charge in [-0.05, 0) is 31.7 Å². The fraction of sp³-hybridized carbons (Fsp3) is 0.938. The molecular formula is C16H34N2O2. The zero-order valence-corrected chi connectivity index (χ0v) is 13.4. The number of amides is 1. The first kappa shape index (κ1) is 19.4. The second kappa shape index (κ2) is 13.4. The SMILES string of the molecule is CCCCCCN(CCO)C(=O)CCC(CC)CCN. The lowest BCUT2D eigenvalue weighted by atomic mass is 9.96. The fourth-order valence-electron chi connectivity index (χ4n) is 2.49. The Hall–Kier alpha value is -0.610. The number of unbranched alkanes of at least 4 members (excludes halogenated alkanes) is 3. The molecule has 0 heterocycles. The highest BCUT2D eigenvalue weighted by atomic mass is 16.3. The van der Waals surface area contributed by atoms with Gasteiger partial charge in [-0.25, -0.2) is 0 Å². The summed E-state index contributed by atoms with van der Waals surface area (Å²) in [6.45, 7) is 6.34. The molecule has 0 aromatic heterocycles. The molecule has 0 spiro atoms. The minimum atomic E-state index is 0.0551. The van der Waals surface area contributed by atoms with Gasteiger partial charge in [0.15, 0.2) is 0 Å². The van der Waals surface area contributed by atoms with Gasteiger partial charge in [0, 0.05) is 19.5 Å². The monoisotopic (exact) mass is 286 g/mol. The van der Waals surface area contributed by atoms with E-state index < -0.39 is 0 Å². The predicted molar refractivity (Wildman–Crippen MR) is 84.5 cm³/mol. The van der Waals surface area contributed by atoms with Gasteiger partial charge in [0.1, 0.15) is 0 Å². The second-order valence-electron chi connectivity index (χ2n) is 5.56. The number of rotatable bonds is 13. The van der Waals surface area contributed by atoms with Crippen LogP contribution in [0.15, 0.2) is 0 Å². The van der Waals surface area contributed by atoms with Crippen LogP contribution in [0.5, 0.6) is 0 Å². The summed E-state index contributed by atoms with van der Waals surface area (Å²) >= 11 is 0. The summed E-state index contributed by atoms with van der Waals surface area (Å²) in [5, 5.41) is 9.09. The van der Waals surface area contributed by atoms with Crippen molar-refractivity contribution in [1.82, 2.24) is 4.90 Å². The number of carbonyl (C=O) groups is 1. The van der Waals surface area contributed by atoms with Crippen molar-refractivity contribution in [2.24, 2.45) is 11.7 Å². The van der Waals surface area contributed by atoms with Crippen LogP contribution in [0.1, 0.15) is 65.2 Å². The molecule has 3 N–H and O–H groups in total. The lowest BCUT2D eigenvalue weighted by Gasteiger charge is -2.23. The van der Waals surface area contributed by atoms with E-state index in [-0.39, 0.29) is 12.5 Å². The number of hydrogen-bond donors (Lipinski definition) is 2. The molecule has 120 valence electrons. The first-order valence-electron chi connectivity index (χ1n) is 8.28. The van der Waals surface area contributed by atoms with Gasteiger partial charge in [-0.1, -0.05) is 39.5 Å². The Morgan fingerprint density at radius 3 is 2.45 bits per heavy atom. The summed E-state index contributed by atoms with van der Waals surface area (Å²) < 4.78 is 0. The van der Waals surface area contributed by atoms with Gasteiger partial charge in [0.2, 0.25) is 5.91 Å². The van der Waals surface area contributed by atoms with Gasteiger partial charge in [0.25, 0.3) is 0 Å². The summed E-state index contributed by atoms with van der Waals surface area (Å²) in [7, 11) is 0.